The molecule has 0 aromatic heterocycles. The Balaban J connectivity index is 1.78. The van der Waals surface area contributed by atoms with Crippen LogP contribution in [0.15, 0.2) is 64.8 Å². The first-order valence-electron chi connectivity index (χ1n) is 9.91. The van der Waals surface area contributed by atoms with Crippen molar-refractivity contribution in [2.24, 2.45) is 16.3 Å². The second-order valence-corrected chi connectivity index (χ2v) is 9.08. The molecule has 5 rings (SSSR count). The lowest BCUT2D eigenvalue weighted by atomic mass is 9.66. The Kier molecular flexibility index (Phi) is 3.61. The summed E-state index contributed by atoms with van der Waals surface area (Å²) in [6.07, 6.45) is 1.27. The molecule has 28 heavy (non-hydrogen) atoms. The molecular formula is C25H23NO2. The molecule has 0 saturated heterocycles. The number of fused-ring (bicyclic) bond motifs is 3. The molecule has 2 aliphatic carbocycles. The van der Waals surface area contributed by atoms with Gasteiger partial charge in [-0.3, -0.25) is 14.6 Å². The van der Waals surface area contributed by atoms with Gasteiger partial charge in [-0.1, -0.05) is 67.9 Å². The van der Waals surface area contributed by atoms with Gasteiger partial charge in [-0.25, -0.2) is 0 Å². The highest BCUT2D eigenvalue weighted by atomic mass is 16.1. The average Bonchev–Trinajstić information content (AvgIpc) is 2.92. The molecule has 0 fully saturated rings. The van der Waals surface area contributed by atoms with Crippen molar-refractivity contribution >= 4 is 17.3 Å². The van der Waals surface area contributed by atoms with Gasteiger partial charge in [0.1, 0.15) is 0 Å². The number of allylic oxidation sites excluding steroid dienone is 2. The fourth-order valence-corrected chi connectivity index (χ4v) is 5.11. The van der Waals surface area contributed by atoms with Crippen LogP contribution in [0.3, 0.4) is 0 Å². The van der Waals surface area contributed by atoms with Crippen LogP contribution < -0.4 is 0 Å². The standard InChI is InChI=1S/C25H23NO2/c1-14-7-6-8-15(11-14)20-21-18(12-25(2,3)13-19(21)27)26-23-16-9-4-5-10-17(16)24(28)22(20)23/h4-11,20,22H,12-13H2,1-3H3/t20-,22-/m1/s1. The zero-order valence-corrected chi connectivity index (χ0v) is 16.5. The summed E-state index contributed by atoms with van der Waals surface area (Å²) in [5, 5.41) is 0. The maximum atomic E-state index is 13.4. The second-order valence-electron chi connectivity index (χ2n) is 9.08. The summed E-state index contributed by atoms with van der Waals surface area (Å²) in [5.74, 6) is -0.414. The predicted molar refractivity (Wildman–Crippen MR) is 110 cm³/mol. The number of ketones is 2. The SMILES string of the molecule is Cc1cccc([C@@H]2C3=C(CC(C)(C)CC3=O)N=C3c4ccccc4C(=O)[C@@H]32)c1. The van der Waals surface area contributed by atoms with E-state index in [1.54, 1.807) is 0 Å². The zero-order valence-electron chi connectivity index (χ0n) is 16.5. The summed E-state index contributed by atoms with van der Waals surface area (Å²) in [7, 11) is 0. The van der Waals surface area contributed by atoms with E-state index in [9.17, 15) is 9.59 Å². The van der Waals surface area contributed by atoms with Crippen LogP contribution in [-0.4, -0.2) is 17.3 Å². The first kappa shape index (κ1) is 17.3. The highest BCUT2D eigenvalue weighted by Gasteiger charge is 2.50. The third-order valence-electron chi connectivity index (χ3n) is 6.24. The minimum absolute atomic E-state index is 0.0880. The van der Waals surface area contributed by atoms with Gasteiger partial charge in [0.2, 0.25) is 0 Å². The van der Waals surface area contributed by atoms with Crippen LogP contribution in [0.5, 0.6) is 0 Å². The largest absolute Gasteiger partial charge is 0.294 e. The fraction of sp³-hybridized carbons (Fsp3) is 0.320. The van der Waals surface area contributed by atoms with E-state index >= 15 is 0 Å². The van der Waals surface area contributed by atoms with Gasteiger partial charge in [-0.15, -0.1) is 0 Å². The first-order valence-corrected chi connectivity index (χ1v) is 9.91. The van der Waals surface area contributed by atoms with Crippen molar-refractivity contribution in [3.8, 4) is 0 Å². The predicted octanol–water partition coefficient (Wildman–Crippen LogP) is 5.04. The number of nitrogens with zero attached hydrogens (tertiary/aromatic N) is 1. The van der Waals surface area contributed by atoms with Crippen molar-refractivity contribution in [2.75, 3.05) is 0 Å². The van der Waals surface area contributed by atoms with Gasteiger partial charge in [0.05, 0.1) is 11.6 Å². The zero-order chi connectivity index (χ0) is 19.6. The van der Waals surface area contributed by atoms with Crippen LogP contribution >= 0.6 is 0 Å². The summed E-state index contributed by atoms with van der Waals surface area (Å²) >= 11 is 0. The van der Waals surface area contributed by atoms with Crippen molar-refractivity contribution in [3.05, 3.63) is 82.1 Å². The van der Waals surface area contributed by atoms with Crippen molar-refractivity contribution in [3.63, 3.8) is 0 Å². The molecule has 3 heteroatoms. The van der Waals surface area contributed by atoms with Gasteiger partial charge in [-0.05, 0) is 24.3 Å². The molecule has 3 aliphatic rings. The van der Waals surface area contributed by atoms with E-state index in [1.165, 1.54) is 0 Å². The average molecular weight is 369 g/mol. The number of hydrogen-bond donors (Lipinski definition) is 0. The smallest absolute Gasteiger partial charge is 0.173 e. The molecule has 0 unspecified atom stereocenters. The number of aliphatic imine (C=N–C) groups is 1. The molecule has 3 nitrogen and oxygen atoms in total. The Labute approximate surface area is 165 Å². The second kappa shape index (κ2) is 5.84. The number of aryl methyl sites for hydroxylation is 1. The Bertz CT molecular complexity index is 1100. The number of hydrogen-bond acceptors (Lipinski definition) is 3. The van der Waals surface area contributed by atoms with Crippen LogP contribution in [0.2, 0.25) is 0 Å². The summed E-state index contributed by atoms with van der Waals surface area (Å²) < 4.78 is 0. The summed E-state index contributed by atoms with van der Waals surface area (Å²) in [6, 6.07) is 16.0. The number of benzene rings is 2. The van der Waals surface area contributed by atoms with Crippen LogP contribution in [-0.2, 0) is 4.79 Å². The highest BCUT2D eigenvalue weighted by molar-refractivity contribution is 6.30. The Morgan fingerprint density at radius 3 is 2.43 bits per heavy atom. The molecular weight excluding hydrogens is 346 g/mol. The monoisotopic (exact) mass is 369 g/mol. The Morgan fingerprint density at radius 2 is 1.68 bits per heavy atom. The quantitative estimate of drug-likeness (QED) is 0.707. The number of rotatable bonds is 1. The maximum Gasteiger partial charge on any atom is 0.173 e. The van der Waals surface area contributed by atoms with Crippen molar-refractivity contribution in [2.45, 2.75) is 39.5 Å². The normalized spacial score (nSPS) is 25.2. The first-order chi connectivity index (χ1) is 13.4. The molecule has 0 N–H and O–H groups in total. The van der Waals surface area contributed by atoms with Gasteiger partial charge in [0, 0.05) is 34.7 Å². The molecule has 0 radical (unpaired) electrons. The van der Waals surface area contributed by atoms with Gasteiger partial charge in [-0.2, -0.15) is 0 Å². The van der Waals surface area contributed by atoms with E-state index in [0.29, 0.717) is 6.42 Å². The molecule has 1 heterocycles. The number of carbonyl (C=O) groups excluding carboxylic acids is 2. The van der Waals surface area contributed by atoms with Gasteiger partial charge < -0.3 is 0 Å². The van der Waals surface area contributed by atoms with E-state index in [1.807, 2.05) is 43.3 Å². The summed E-state index contributed by atoms with van der Waals surface area (Å²) in [5.41, 5.74) is 6.22. The summed E-state index contributed by atoms with van der Waals surface area (Å²) in [6.45, 7) is 6.29. The third-order valence-corrected chi connectivity index (χ3v) is 6.24. The number of carbonyl (C=O) groups is 2. The van der Waals surface area contributed by atoms with E-state index < -0.39 is 5.92 Å². The molecule has 2 atom stereocenters. The Morgan fingerprint density at radius 1 is 0.929 bits per heavy atom. The molecule has 0 spiro atoms. The van der Waals surface area contributed by atoms with Gasteiger partial charge >= 0.3 is 0 Å². The van der Waals surface area contributed by atoms with Crippen molar-refractivity contribution < 1.29 is 9.59 Å². The lowest BCUT2D eigenvalue weighted by Gasteiger charge is -2.38. The lowest BCUT2D eigenvalue weighted by molar-refractivity contribution is -0.118. The summed E-state index contributed by atoms with van der Waals surface area (Å²) in [4.78, 5) is 31.6. The van der Waals surface area contributed by atoms with Gasteiger partial charge in [0.15, 0.2) is 11.6 Å². The molecule has 0 bridgehead atoms. The molecule has 2 aromatic rings. The lowest BCUT2D eigenvalue weighted by Crippen LogP contribution is -2.37. The minimum Gasteiger partial charge on any atom is -0.294 e. The third kappa shape index (κ3) is 2.46. The molecule has 0 saturated carbocycles. The van der Waals surface area contributed by atoms with E-state index in [0.717, 1.165) is 45.7 Å². The maximum absolute atomic E-state index is 13.4. The van der Waals surface area contributed by atoms with Gasteiger partial charge in [0.25, 0.3) is 0 Å². The molecule has 140 valence electrons. The van der Waals surface area contributed by atoms with E-state index in [4.69, 9.17) is 4.99 Å². The Hall–Kier alpha value is -2.81. The van der Waals surface area contributed by atoms with Crippen LogP contribution in [0.1, 0.15) is 59.7 Å². The molecule has 0 amide bonds. The van der Waals surface area contributed by atoms with Crippen LogP contribution in [0.25, 0.3) is 0 Å². The van der Waals surface area contributed by atoms with E-state index in [2.05, 4.69) is 26.0 Å². The topological polar surface area (TPSA) is 46.5 Å². The van der Waals surface area contributed by atoms with Crippen LogP contribution in [0, 0.1) is 18.3 Å². The van der Waals surface area contributed by atoms with Crippen molar-refractivity contribution in [1.29, 1.82) is 0 Å². The minimum atomic E-state index is -0.400. The number of Topliss-reactive ketones (excluding diaryl/α,β-unsaturated/α-hetero) is 2. The fourth-order valence-electron chi connectivity index (χ4n) is 5.11. The van der Waals surface area contributed by atoms with Crippen LogP contribution in [0.4, 0.5) is 0 Å². The molecule has 1 aliphatic heterocycles. The molecule has 2 aromatic carbocycles. The highest BCUT2D eigenvalue weighted by Crippen LogP contribution is 2.51. The van der Waals surface area contributed by atoms with E-state index in [-0.39, 0.29) is 22.9 Å². The van der Waals surface area contributed by atoms with Crippen molar-refractivity contribution in [1.82, 2.24) is 0 Å².